The number of thiazole rings is 1. The molecule has 5 aromatic rings. The topological polar surface area (TPSA) is 100 Å². The number of aryl methyl sites for hydroxylation is 1. The van der Waals surface area contributed by atoms with Crippen LogP contribution in [0.4, 0.5) is 10.8 Å². The number of halogens is 2. The van der Waals surface area contributed by atoms with Crippen LogP contribution in [0.15, 0.2) is 113 Å². The third-order valence-corrected chi connectivity index (χ3v) is 9.23. The van der Waals surface area contributed by atoms with Gasteiger partial charge in [0, 0.05) is 27.1 Å². The molecule has 0 bridgehead atoms. The Labute approximate surface area is 285 Å². The van der Waals surface area contributed by atoms with E-state index in [0.717, 1.165) is 21.6 Å². The zero-order valence-electron chi connectivity index (χ0n) is 24.7. The van der Waals surface area contributed by atoms with Crippen LogP contribution in [-0.4, -0.2) is 28.0 Å². The number of nitrogens with zero attached hydrogens (tertiary/aromatic N) is 1. The van der Waals surface area contributed by atoms with Crippen molar-refractivity contribution in [3.63, 3.8) is 0 Å². The second kappa shape index (κ2) is 15.2. The van der Waals surface area contributed by atoms with Gasteiger partial charge < -0.3 is 16.0 Å². The first-order valence-electron chi connectivity index (χ1n) is 14.1. The second-order valence-corrected chi connectivity index (χ2v) is 13.3. The molecular formula is C35H28Cl2N4O3S2. The maximum absolute atomic E-state index is 13.3. The molecule has 0 saturated heterocycles. The van der Waals surface area contributed by atoms with Gasteiger partial charge in [0.15, 0.2) is 5.13 Å². The number of anilines is 2. The van der Waals surface area contributed by atoms with E-state index >= 15 is 0 Å². The molecule has 3 N–H and O–H groups in total. The summed E-state index contributed by atoms with van der Waals surface area (Å²) in [5.41, 5.74) is 4.37. The van der Waals surface area contributed by atoms with Crippen LogP contribution < -0.4 is 16.0 Å². The Morgan fingerprint density at radius 3 is 2.35 bits per heavy atom. The molecule has 0 saturated carbocycles. The van der Waals surface area contributed by atoms with E-state index < -0.39 is 17.1 Å². The molecule has 0 fully saturated rings. The predicted molar refractivity (Wildman–Crippen MR) is 190 cm³/mol. The average Bonchev–Trinajstić information content (AvgIpc) is 3.51. The fourth-order valence-corrected chi connectivity index (χ4v) is 6.16. The summed E-state index contributed by atoms with van der Waals surface area (Å²) in [6.45, 7) is 3.76. The summed E-state index contributed by atoms with van der Waals surface area (Å²) in [7, 11) is 0. The molecule has 0 aliphatic carbocycles. The average molecular weight is 688 g/mol. The molecule has 0 aliphatic heterocycles. The van der Waals surface area contributed by atoms with Gasteiger partial charge >= 0.3 is 0 Å². The molecular weight excluding hydrogens is 659 g/mol. The van der Waals surface area contributed by atoms with E-state index in [0.29, 0.717) is 32.1 Å². The lowest BCUT2D eigenvalue weighted by molar-refractivity contribution is -0.115. The highest BCUT2D eigenvalue weighted by Crippen LogP contribution is 2.31. The van der Waals surface area contributed by atoms with E-state index in [1.54, 1.807) is 61.5 Å². The monoisotopic (exact) mass is 686 g/mol. The number of hydrogen-bond acceptors (Lipinski definition) is 6. The van der Waals surface area contributed by atoms with Crippen molar-refractivity contribution in [1.29, 1.82) is 0 Å². The summed E-state index contributed by atoms with van der Waals surface area (Å²) in [6, 6.07) is 28.7. The van der Waals surface area contributed by atoms with Crippen LogP contribution in [0.5, 0.6) is 0 Å². The smallest absolute Gasteiger partial charge is 0.272 e. The van der Waals surface area contributed by atoms with Crippen LogP contribution in [-0.2, 0) is 9.59 Å². The van der Waals surface area contributed by atoms with Gasteiger partial charge in [-0.15, -0.1) is 23.1 Å². The Balaban J connectivity index is 1.21. The Kier molecular flexibility index (Phi) is 10.9. The number of nitrogens with one attached hydrogen (secondary N) is 3. The summed E-state index contributed by atoms with van der Waals surface area (Å²) in [5.74, 6) is -1.06. The minimum absolute atomic E-state index is 0.104. The fraction of sp³-hybridized carbons (Fsp3) is 0.0857. The lowest BCUT2D eigenvalue weighted by Gasteiger charge is -2.13. The Hall–Kier alpha value is -4.41. The van der Waals surface area contributed by atoms with Gasteiger partial charge in [0.1, 0.15) is 5.70 Å². The Morgan fingerprint density at radius 1 is 0.870 bits per heavy atom. The number of carbonyl (C=O) groups is 3. The van der Waals surface area contributed by atoms with Crippen molar-refractivity contribution in [2.75, 3.05) is 10.6 Å². The van der Waals surface area contributed by atoms with E-state index in [2.05, 4.69) is 20.9 Å². The van der Waals surface area contributed by atoms with Crippen molar-refractivity contribution in [2.24, 2.45) is 0 Å². The predicted octanol–water partition coefficient (Wildman–Crippen LogP) is 8.95. The van der Waals surface area contributed by atoms with Gasteiger partial charge in [-0.3, -0.25) is 14.4 Å². The zero-order valence-corrected chi connectivity index (χ0v) is 27.9. The highest BCUT2D eigenvalue weighted by Gasteiger charge is 2.18. The first-order valence-corrected chi connectivity index (χ1v) is 16.6. The molecule has 0 aliphatic rings. The van der Waals surface area contributed by atoms with Gasteiger partial charge in [-0.1, -0.05) is 77.3 Å². The molecule has 1 unspecified atom stereocenters. The van der Waals surface area contributed by atoms with E-state index in [1.165, 1.54) is 23.1 Å². The van der Waals surface area contributed by atoms with Crippen LogP contribution in [0, 0.1) is 6.92 Å². The number of carbonyl (C=O) groups excluding carboxylic acids is 3. The maximum atomic E-state index is 13.3. The van der Waals surface area contributed by atoms with Gasteiger partial charge in [-0.25, -0.2) is 4.98 Å². The minimum atomic E-state index is -0.470. The number of thioether (sulfide) groups is 1. The number of aromatic nitrogens is 1. The first-order chi connectivity index (χ1) is 22.1. The Bertz CT molecular complexity index is 1910. The Morgan fingerprint density at radius 2 is 1.63 bits per heavy atom. The van der Waals surface area contributed by atoms with Crippen molar-refractivity contribution < 1.29 is 14.4 Å². The van der Waals surface area contributed by atoms with Crippen molar-refractivity contribution in [3.05, 3.63) is 135 Å². The van der Waals surface area contributed by atoms with E-state index in [1.807, 2.05) is 60.8 Å². The van der Waals surface area contributed by atoms with E-state index in [9.17, 15) is 14.4 Å². The van der Waals surface area contributed by atoms with Gasteiger partial charge in [0.25, 0.3) is 11.8 Å². The number of hydrogen-bond donors (Lipinski definition) is 3. The van der Waals surface area contributed by atoms with Gasteiger partial charge in [0.2, 0.25) is 5.91 Å². The molecule has 11 heteroatoms. The summed E-state index contributed by atoms with van der Waals surface area (Å²) >= 11 is 14.8. The summed E-state index contributed by atoms with van der Waals surface area (Å²) < 4.78 is 0. The standard InChI is InChI=1S/C35H28Cl2N4O3S2/c1-21-7-6-8-23(17-21)18-30(39-33(43)24-9-4-3-5-10-24)34(44)38-26-12-14-27(15-13-26)46-22(2)32(42)41-35-40-31(20-45-35)25-11-16-28(36)29(37)19-25/h3-20,22H,1-2H3,(H,38,44)(H,39,43)(H,40,41,42)/b30-18-. The molecule has 4 aromatic carbocycles. The van der Waals surface area contributed by atoms with Crippen LogP contribution in [0.25, 0.3) is 17.3 Å². The number of benzene rings is 4. The number of rotatable bonds is 10. The van der Waals surface area contributed by atoms with Crippen LogP contribution in [0.2, 0.25) is 10.0 Å². The van der Waals surface area contributed by atoms with Gasteiger partial charge in [0.05, 0.1) is 21.0 Å². The molecule has 7 nitrogen and oxygen atoms in total. The highest BCUT2D eigenvalue weighted by molar-refractivity contribution is 8.00. The normalized spacial score (nSPS) is 11.9. The van der Waals surface area contributed by atoms with E-state index in [4.69, 9.17) is 23.2 Å². The molecule has 1 heterocycles. The highest BCUT2D eigenvalue weighted by atomic mass is 35.5. The van der Waals surface area contributed by atoms with Crippen molar-refractivity contribution in [1.82, 2.24) is 10.3 Å². The second-order valence-electron chi connectivity index (χ2n) is 10.2. The first kappa shape index (κ1) is 33.0. The molecule has 0 spiro atoms. The molecule has 1 atom stereocenters. The third kappa shape index (κ3) is 8.86. The zero-order chi connectivity index (χ0) is 32.6. The molecule has 1 aromatic heterocycles. The SMILES string of the molecule is Cc1cccc(/C=C(\NC(=O)c2ccccc2)C(=O)Nc2ccc(SC(C)C(=O)Nc3nc(-c4ccc(Cl)c(Cl)c4)cs3)cc2)c1. The number of amides is 3. The third-order valence-electron chi connectivity index (χ3n) is 6.63. The lowest BCUT2D eigenvalue weighted by Crippen LogP contribution is -2.30. The van der Waals surface area contributed by atoms with Crippen LogP contribution >= 0.6 is 46.3 Å². The molecule has 5 rings (SSSR count). The largest absolute Gasteiger partial charge is 0.321 e. The summed E-state index contributed by atoms with van der Waals surface area (Å²) in [4.78, 5) is 44.5. The van der Waals surface area contributed by atoms with E-state index in [-0.39, 0.29) is 11.6 Å². The van der Waals surface area contributed by atoms with Gasteiger partial charge in [-0.2, -0.15) is 0 Å². The summed E-state index contributed by atoms with van der Waals surface area (Å²) in [6.07, 6.45) is 1.64. The lowest BCUT2D eigenvalue weighted by atomic mass is 10.1. The molecule has 232 valence electrons. The minimum Gasteiger partial charge on any atom is -0.321 e. The van der Waals surface area contributed by atoms with Gasteiger partial charge in [-0.05, 0) is 74.0 Å². The van der Waals surface area contributed by atoms with Crippen molar-refractivity contribution in [3.8, 4) is 11.3 Å². The maximum Gasteiger partial charge on any atom is 0.272 e. The molecule has 46 heavy (non-hydrogen) atoms. The van der Waals surface area contributed by atoms with Crippen LogP contribution in [0.3, 0.4) is 0 Å². The molecule has 0 radical (unpaired) electrons. The molecule has 3 amide bonds. The summed E-state index contributed by atoms with van der Waals surface area (Å²) in [5, 5.41) is 11.3. The van der Waals surface area contributed by atoms with Crippen molar-refractivity contribution in [2.45, 2.75) is 24.0 Å². The van der Waals surface area contributed by atoms with Crippen LogP contribution in [0.1, 0.15) is 28.4 Å². The fourth-order valence-electron chi connectivity index (χ4n) is 4.27. The van der Waals surface area contributed by atoms with Crippen molar-refractivity contribution >= 4 is 80.9 Å². The quantitative estimate of drug-likeness (QED) is 0.101.